The fourth-order valence-electron chi connectivity index (χ4n) is 4.27. The molecule has 0 aliphatic carbocycles. The number of carbonyl (C=O) groups is 2. The van der Waals surface area contributed by atoms with Crippen molar-refractivity contribution in [2.45, 2.75) is 51.6 Å². The Hall–Kier alpha value is -2.87. The molecule has 4 heterocycles. The zero-order valence-corrected chi connectivity index (χ0v) is 17.5. The standard InChI is InChI=1S/C22H27N5O3/c1-15-17-9-10-19(28)27(13-16-7-3-5-11-23-16)22(17)25-21(24-15)18-8-4-6-12-26(18)20(29)14-30-2/h3,5,7,11,18H,4,6,8-10,12-14H2,1-2H3/t18-/m1/s1. The second-order valence-electron chi connectivity index (χ2n) is 7.80. The van der Waals surface area contributed by atoms with Gasteiger partial charge >= 0.3 is 0 Å². The maximum Gasteiger partial charge on any atom is 0.249 e. The van der Waals surface area contributed by atoms with E-state index in [-0.39, 0.29) is 24.5 Å². The third-order valence-electron chi connectivity index (χ3n) is 5.79. The minimum Gasteiger partial charge on any atom is -0.375 e. The highest BCUT2D eigenvalue weighted by molar-refractivity contribution is 5.95. The molecule has 8 nitrogen and oxygen atoms in total. The van der Waals surface area contributed by atoms with E-state index in [0.717, 1.165) is 36.2 Å². The highest BCUT2D eigenvalue weighted by Crippen LogP contribution is 2.34. The van der Waals surface area contributed by atoms with E-state index in [1.165, 1.54) is 7.11 Å². The maximum atomic E-state index is 12.8. The minimum atomic E-state index is -0.195. The number of carbonyl (C=O) groups excluding carboxylic acids is 2. The molecule has 8 heteroatoms. The molecule has 0 bridgehead atoms. The number of anilines is 1. The van der Waals surface area contributed by atoms with Crippen LogP contribution in [0.15, 0.2) is 24.4 Å². The zero-order chi connectivity index (χ0) is 21.1. The zero-order valence-electron chi connectivity index (χ0n) is 17.5. The van der Waals surface area contributed by atoms with E-state index in [9.17, 15) is 9.59 Å². The number of piperidine rings is 1. The lowest BCUT2D eigenvalue weighted by atomic mass is 9.99. The third kappa shape index (κ3) is 4.05. The Morgan fingerprint density at radius 2 is 2.10 bits per heavy atom. The lowest BCUT2D eigenvalue weighted by Crippen LogP contribution is -2.42. The van der Waals surface area contributed by atoms with Crippen LogP contribution in [0.5, 0.6) is 0 Å². The smallest absolute Gasteiger partial charge is 0.249 e. The molecule has 0 aromatic carbocycles. The molecule has 0 unspecified atom stereocenters. The molecule has 0 spiro atoms. The first kappa shape index (κ1) is 20.4. The van der Waals surface area contributed by atoms with E-state index in [2.05, 4.69) is 4.98 Å². The van der Waals surface area contributed by atoms with Gasteiger partial charge in [0.05, 0.1) is 18.3 Å². The van der Waals surface area contributed by atoms with Crippen LogP contribution >= 0.6 is 0 Å². The number of likely N-dealkylation sites (tertiary alicyclic amines) is 1. The molecule has 4 rings (SSSR count). The summed E-state index contributed by atoms with van der Waals surface area (Å²) in [5.74, 6) is 1.25. The van der Waals surface area contributed by atoms with Crippen molar-refractivity contribution in [2.24, 2.45) is 0 Å². The number of nitrogens with zero attached hydrogens (tertiary/aromatic N) is 5. The van der Waals surface area contributed by atoms with Crippen LogP contribution in [-0.2, 0) is 27.3 Å². The number of ether oxygens (including phenoxy) is 1. The SMILES string of the molecule is COCC(=O)N1CCCC[C@@H]1c1nc(C)c2c(n1)N(Cc1ccccn1)C(=O)CC2. The summed E-state index contributed by atoms with van der Waals surface area (Å²) in [5, 5.41) is 0. The van der Waals surface area contributed by atoms with Crippen molar-refractivity contribution < 1.29 is 14.3 Å². The molecule has 1 atom stereocenters. The molecule has 0 saturated carbocycles. The highest BCUT2D eigenvalue weighted by Gasteiger charge is 2.33. The average Bonchev–Trinajstić information content (AvgIpc) is 2.76. The van der Waals surface area contributed by atoms with Gasteiger partial charge in [-0.15, -0.1) is 0 Å². The molecular weight excluding hydrogens is 382 g/mol. The van der Waals surface area contributed by atoms with Gasteiger partial charge in [-0.25, -0.2) is 9.97 Å². The molecule has 1 saturated heterocycles. The van der Waals surface area contributed by atoms with Crippen LogP contribution in [-0.4, -0.2) is 51.9 Å². The summed E-state index contributed by atoms with van der Waals surface area (Å²) in [5.41, 5.74) is 2.68. The van der Waals surface area contributed by atoms with Crippen LogP contribution < -0.4 is 4.90 Å². The minimum absolute atomic E-state index is 0.0353. The fraction of sp³-hybridized carbons (Fsp3) is 0.500. The van der Waals surface area contributed by atoms with Crippen molar-refractivity contribution in [1.29, 1.82) is 0 Å². The highest BCUT2D eigenvalue weighted by atomic mass is 16.5. The van der Waals surface area contributed by atoms with Crippen molar-refractivity contribution in [3.8, 4) is 0 Å². The number of methoxy groups -OCH3 is 1. The summed E-state index contributed by atoms with van der Waals surface area (Å²) in [4.78, 5) is 42.9. The quantitative estimate of drug-likeness (QED) is 0.753. The summed E-state index contributed by atoms with van der Waals surface area (Å²) in [7, 11) is 1.53. The van der Waals surface area contributed by atoms with Crippen LogP contribution in [0.3, 0.4) is 0 Å². The van der Waals surface area contributed by atoms with Gasteiger partial charge in [-0.3, -0.25) is 19.5 Å². The summed E-state index contributed by atoms with van der Waals surface area (Å²) < 4.78 is 5.06. The number of rotatable bonds is 5. The van der Waals surface area contributed by atoms with Crippen LogP contribution in [0.4, 0.5) is 5.82 Å². The molecule has 158 valence electrons. The number of aryl methyl sites for hydroxylation is 1. The predicted octanol–water partition coefficient (Wildman–Crippen LogP) is 2.36. The van der Waals surface area contributed by atoms with Crippen molar-refractivity contribution >= 4 is 17.6 Å². The largest absolute Gasteiger partial charge is 0.375 e. The van der Waals surface area contributed by atoms with Crippen LogP contribution in [0.1, 0.15) is 54.5 Å². The summed E-state index contributed by atoms with van der Waals surface area (Å²) in [6, 6.07) is 5.48. The number of fused-ring (bicyclic) bond motifs is 1. The van der Waals surface area contributed by atoms with Gasteiger partial charge in [0.1, 0.15) is 12.4 Å². The van der Waals surface area contributed by atoms with Crippen molar-refractivity contribution in [3.63, 3.8) is 0 Å². The molecule has 30 heavy (non-hydrogen) atoms. The lowest BCUT2D eigenvalue weighted by Gasteiger charge is -2.36. The second kappa shape index (κ2) is 8.87. The predicted molar refractivity (Wildman–Crippen MR) is 111 cm³/mol. The number of aromatic nitrogens is 3. The van der Waals surface area contributed by atoms with Crippen molar-refractivity contribution in [3.05, 3.63) is 47.2 Å². The Morgan fingerprint density at radius 3 is 2.87 bits per heavy atom. The Balaban J connectivity index is 1.70. The van der Waals surface area contributed by atoms with Gasteiger partial charge < -0.3 is 9.64 Å². The van der Waals surface area contributed by atoms with Gasteiger partial charge in [0, 0.05) is 37.5 Å². The lowest BCUT2D eigenvalue weighted by molar-refractivity contribution is -0.139. The van der Waals surface area contributed by atoms with Gasteiger partial charge in [0.25, 0.3) is 0 Å². The molecular formula is C22H27N5O3. The normalized spacial score (nSPS) is 19.0. The van der Waals surface area contributed by atoms with Crippen LogP contribution in [0.2, 0.25) is 0 Å². The van der Waals surface area contributed by atoms with Crippen molar-refractivity contribution in [1.82, 2.24) is 19.9 Å². The first-order valence-electron chi connectivity index (χ1n) is 10.4. The van der Waals surface area contributed by atoms with Gasteiger partial charge in [-0.05, 0) is 44.7 Å². The van der Waals surface area contributed by atoms with Gasteiger partial charge in [-0.1, -0.05) is 6.07 Å². The molecule has 1 fully saturated rings. The van der Waals surface area contributed by atoms with E-state index in [0.29, 0.717) is 37.6 Å². The summed E-state index contributed by atoms with van der Waals surface area (Å²) >= 11 is 0. The van der Waals surface area contributed by atoms with Gasteiger partial charge in [0.15, 0.2) is 5.82 Å². The van der Waals surface area contributed by atoms with E-state index < -0.39 is 0 Å². The Labute approximate surface area is 176 Å². The second-order valence-corrected chi connectivity index (χ2v) is 7.80. The Bertz CT molecular complexity index is 934. The van der Waals surface area contributed by atoms with Crippen molar-refractivity contribution in [2.75, 3.05) is 25.2 Å². The Kier molecular flexibility index (Phi) is 6.03. The topological polar surface area (TPSA) is 88.5 Å². The summed E-state index contributed by atoms with van der Waals surface area (Å²) in [6.07, 6.45) is 5.57. The maximum absolute atomic E-state index is 12.8. The Morgan fingerprint density at radius 1 is 1.23 bits per heavy atom. The number of hydrogen-bond donors (Lipinski definition) is 0. The number of hydrogen-bond acceptors (Lipinski definition) is 6. The van der Waals surface area contributed by atoms with E-state index in [4.69, 9.17) is 14.7 Å². The van der Waals surface area contributed by atoms with Crippen LogP contribution in [0.25, 0.3) is 0 Å². The first-order valence-corrected chi connectivity index (χ1v) is 10.4. The summed E-state index contributed by atoms with van der Waals surface area (Å²) in [6.45, 7) is 3.05. The fourth-order valence-corrected chi connectivity index (χ4v) is 4.27. The molecule has 2 aromatic heterocycles. The third-order valence-corrected chi connectivity index (χ3v) is 5.79. The first-order chi connectivity index (χ1) is 14.6. The number of pyridine rings is 1. The van der Waals surface area contributed by atoms with E-state index >= 15 is 0 Å². The van der Waals surface area contributed by atoms with Gasteiger partial charge in [-0.2, -0.15) is 0 Å². The average molecular weight is 409 g/mol. The van der Waals surface area contributed by atoms with E-state index in [1.54, 1.807) is 11.1 Å². The van der Waals surface area contributed by atoms with E-state index in [1.807, 2.05) is 30.0 Å². The monoisotopic (exact) mass is 409 g/mol. The van der Waals surface area contributed by atoms with Crippen LogP contribution in [0, 0.1) is 6.92 Å². The molecule has 2 aliphatic heterocycles. The van der Waals surface area contributed by atoms with Gasteiger partial charge in [0.2, 0.25) is 11.8 Å². The molecule has 0 N–H and O–H groups in total. The number of amides is 2. The molecule has 0 radical (unpaired) electrons. The molecule has 2 aliphatic rings. The molecule has 2 aromatic rings. The molecule has 2 amide bonds.